The molecule has 0 spiro atoms. The molecular formula is C10H19NO. The molecule has 0 aromatic rings. The maximum Gasteiger partial charge on any atom is 0.223 e. The summed E-state index contributed by atoms with van der Waals surface area (Å²) in [6, 6.07) is 0. The fraction of sp³-hybridized carbons (Fsp3) is 0.900. The largest absolute Gasteiger partial charge is 0.351 e. The summed E-state index contributed by atoms with van der Waals surface area (Å²) < 4.78 is 0. The highest BCUT2D eigenvalue weighted by Crippen LogP contribution is 2.29. The smallest absolute Gasteiger partial charge is 0.223 e. The van der Waals surface area contributed by atoms with Crippen molar-refractivity contribution in [2.45, 2.75) is 52.0 Å². The van der Waals surface area contributed by atoms with Gasteiger partial charge in [0.2, 0.25) is 5.91 Å². The lowest BCUT2D eigenvalue weighted by Gasteiger charge is -2.25. The van der Waals surface area contributed by atoms with Gasteiger partial charge in [-0.25, -0.2) is 0 Å². The molecule has 12 heavy (non-hydrogen) atoms. The van der Waals surface area contributed by atoms with Gasteiger partial charge in [0.05, 0.1) is 0 Å². The Hall–Kier alpha value is -0.530. The fourth-order valence-electron chi connectivity index (χ4n) is 1.47. The van der Waals surface area contributed by atoms with Crippen molar-refractivity contribution >= 4 is 5.91 Å². The van der Waals surface area contributed by atoms with Gasteiger partial charge in [0.25, 0.3) is 0 Å². The molecule has 2 nitrogen and oxygen atoms in total. The summed E-state index contributed by atoms with van der Waals surface area (Å²) >= 11 is 0. The highest BCUT2D eigenvalue weighted by molar-refractivity contribution is 5.81. The number of hydrogen-bond donors (Lipinski definition) is 1. The van der Waals surface area contributed by atoms with Gasteiger partial charge < -0.3 is 5.32 Å². The molecule has 0 bridgehead atoms. The molecular weight excluding hydrogens is 150 g/mol. The summed E-state index contributed by atoms with van der Waals surface area (Å²) in [6.07, 6.45) is 4.37. The van der Waals surface area contributed by atoms with Crippen molar-refractivity contribution in [3.63, 3.8) is 0 Å². The summed E-state index contributed by atoms with van der Waals surface area (Å²) in [6.45, 7) is 6.33. The molecule has 0 unspecified atom stereocenters. The van der Waals surface area contributed by atoms with E-state index in [2.05, 4.69) is 26.1 Å². The van der Waals surface area contributed by atoms with Crippen LogP contribution in [0.3, 0.4) is 0 Å². The van der Waals surface area contributed by atoms with E-state index in [-0.39, 0.29) is 11.4 Å². The van der Waals surface area contributed by atoms with Crippen molar-refractivity contribution in [1.82, 2.24) is 5.32 Å². The second-order valence-electron chi connectivity index (χ2n) is 4.40. The molecule has 1 fully saturated rings. The highest BCUT2D eigenvalue weighted by atomic mass is 16.2. The summed E-state index contributed by atoms with van der Waals surface area (Å²) in [4.78, 5) is 11.4. The Morgan fingerprint density at radius 2 is 2.08 bits per heavy atom. The molecule has 2 heteroatoms. The van der Waals surface area contributed by atoms with E-state index >= 15 is 0 Å². The van der Waals surface area contributed by atoms with Crippen LogP contribution in [0, 0.1) is 5.92 Å². The van der Waals surface area contributed by atoms with Gasteiger partial charge in [-0.15, -0.1) is 0 Å². The van der Waals surface area contributed by atoms with E-state index in [4.69, 9.17) is 0 Å². The Balaban J connectivity index is 2.31. The highest BCUT2D eigenvalue weighted by Gasteiger charge is 2.32. The van der Waals surface area contributed by atoms with Crippen molar-refractivity contribution < 1.29 is 4.79 Å². The molecule has 0 saturated heterocycles. The minimum Gasteiger partial charge on any atom is -0.351 e. The minimum absolute atomic E-state index is 0.00553. The zero-order valence-electron chi connectivity index (χ0n) is 8.31. The number of nitrogens with one attached hydrogen (secondary N) is 1. The first kappa shape index (κ1) is 9.56. The molecule has 0 aromatic heterocycles. The van der Waals surface area contributed by atoms with Crippen LogP contribution in [0.5, 0.6) is 0 Å². The summed E-state index contributed by atoms with van der Waals surface area (Å²) in [5, 5.41) is 3.08. The zero-order valence-corrected chi connectivity index (χ0v) is 8.31. The Bertz CT molecular complexity index is 171. The monoisotopic (exact) mass is 169 g/mol. The Morgan fingerprint density at radius 1 is 1.50 bits per heavy atom. The number of carbonyl (C=O) groups excluding carboxylic acids is 1. The van der Waals surface area contributed by atoms with Gasteiger partial charge >= 0.3 is 0 Å². The fourth-order valence-corrected chi connectivity index (χ4v) is 1.47. The molecule has 0 heterocycles. The van der Waals surface area contributed by atoms with Crippen LogP contribution in [0.4, 0.5) is 0 Å². The molecule has 1 aliphatic rings. The number of rotatable bonds is 4. The van der Waals surface area contributed by atoms with E-state index in [9.17, 15) is 4.79 Å². The summed E-state index contributed by atoms with van der Waals surface area (Å²) in [5.41, 5.74) is -0.00553. The first-order valence-electron chi connectivity index (χ1n) is 4.87. The minimum atomic E-state index is -0.00553. The van der Waals surface area contributed by atoms with Gasteiger partial charge in [0.1, 0.15) is 0 Å². The maximum absolute atomic E-state index is 11.4. The SMILES string of the molecule is CCCC(C)(C)NC(=O)C1CC1. The molecule has 1 amide bonds. The third kappa shape index (κ3) is 2.84. The van der Waals surface area contributed by atoms with E-state index in [0.717, 1.165) is 25.7 Å². The molecule has 1 aliphatic carbocycles. The van der Waals surface area contributed by atoms with Crippen molar-refractivity contribution in [1.29, 1.82) is 0 Å². The molecule has 0 aromatic carbocycles. The van der Waals surface area contributed by atoms with Crippen LogP contribution >= 0.6 is 0 Å². The van der Waals surface area contributed by atoms with E-state index in [0.29, 0.717) is 5.92 Å². The number of hydrogen-bond acceptors (Lipinski definition) is 1. The van der Waals surface area contributed by atoms with Crippen molar-refractivity contribution in [2.75, 3.05) is 0 Å². The number of amides is 1. The molecule has 70 valence electrons. The molecule has 0 radical (unpaired) electrons. The second-order valence-corrected chi connectivity index (χ2v) is 4.40. The summed E-state index contributed by atoms with van der Waals surface area (Å²) in [5.74, 6) is 0.592. The lowest BCUT2D eigenvalue weighted by Crippen LogP contribution is -2.43. The first-order chi connectivity index (χ1) is 5.55. The van der Waals surface area contributed by atoms with Crippen LogP contribution in [-0.4, -0.2) is 11.4 Å². The van der Waals surface area contributed by atoms with E-state index in [1.165, 1.54) is 0 Å². The van der Waals surface area contributed by atoms with Crippen molar-refractivity contribution in [2.24, 2.45) is 5.92 Å². The first-order valence-corrected chi connectivity index (χ1v) is 4.87. The van der Waals surface area contributed by atoms with Crippen molar-refractivity contribution in [3.05, 3.63) is 0 Å². The van der Waals surface area contributed by atoms with Gasteiger partial charge in [-0.05, 0) is 33.1 Å². The van der Waals surface area contributed by atoms with Gasteiger partial charge in [0, 0.05) is 11.5 Å². The molecule has 1 saturated carbocycles. The Labute approximate surface area is 74.7 Å². The quantitative estimate of drug-likeness (QED) is 0.686. The molecule has 0 aliphatic heterocycles. The topological polar surface area (TPSA) is 29.1 Å². The molecule has 0 atom stereocenters. The van der Waals surface area contributed by atoms with Gasteiger partial charge in [-0.1, -0.05) is 13.3 Å². The van der Waals surface area contributed by atoms with Crippen LogP contribution in [0.25, 0.3) is 0 Å². The lowest BCUT2D eigenvalue weighted by atomic mass is 9.99. The maximum atomic E-state index is 11.4. The average Bonchev–Trinajstić information content (AvgIpc) is 2.65. The van der Waals surface area contributed by atoms with Crippen LogP contribution in [0.2, 0.25) is 0 Å². The normalized spacial score (nSPS) is 17.6. The third-order valence-electron chi connectivity index (χ3n) is 2.28. The van der Waals surface area contributed by atoms with E-state index in [1.54, 1.807) is 0 Å². The standard InChI is InChI=1S/C10H19NO/c1-4-7-10(2,3)11-9(12)8-5-6-8/h8H,4-7H2,1-3H3,(H,11,12). The number of carbonyl (C=O) groups is 1. The zero-order chi connectivity index (χ0) is 9.19. The summed E-state index contributed by atoms with van der Waals surface area (Å²) in [7, 11) is 0. The van der Waals surface area contributed by atoms with Gasteiger partial charge in [-0.2, -0.15) is 0 Å². The average molecular weight is 169 g/mol. The predicted molar refractivity (Wildman–Crippen MR) is 49.9 cm³/mol. The predicted octanol–water partition coefficient (Wildman–Crippen LogP) is 2.09. The van der Waals surface area contributed by atoms with E-state index in [1.807, 2.05) is 0 Å². The van der Waals surface area contributed by atoms with E-state index < -0.39 is 0 Å². The van der Waals surface area contributed by atoms with Crippen molar-refractivity contribution in [3.8, 4) is 0 Å². The Kier molecular flexibility index (Phi) is 2.76. The van der Waals surface area contributed by atoms with Gasteiger partial charge in [0.15, 0.2) is 0 Å². The van der Waals surface area contributed by atoms with Crippen LogP contribution in [0.1, 0.15) is 46.5 Å². The third-order valence-corrected chi connectivity index (χ3v) is 2.28. The second kappa shape index (κ2) is 3.46. The van der Waals surface area contributed by atoms with Crippen LogP contribution in [0.15, 0.2) is 0 Å². The molecule has 1 rings (SSSR count). The Morgan fingerprint density at radius 3 is 2.50 bits per heavy atom. The lowest BCUT2D eigenvalue weighted by molar-refractivity contribution is -0.123. The van der Waals surface area contributed by atoms with Crippen LogP contribution < -0.4 is 5.32 Å². The van der Waals surface area contributed by atoms with Gasteiger partial charge in [-0.3, -0.25) is 4.79 Å². The molecule has 1 N–H and O–H groups in total. The van der Waals surface area contributed by atoms with Crippen LogP contribution in [-0.2, 0) is 4.79 Å².